The molecule has 1 aliphatic rings. The molecule has 1 atom stereocenters. The lowest BCUT2D eigenvalue weighted by atomic mass is 10.2. The molecule has 4 nitrogen and oxygen atoms in total. The lowest BCUT2D eigenvalue weighted by Crippen LogP contribution is -2.52. The molecule has 1 unspecified atom stereocenters. The van der Waals surface area contributed by atoms with Crippen LogP contribution in [0, 0.1) is 5.82 Å². The molecule has 1 heterocycles. The molecule has 1 amide bonds. The second kappa shape index (κ2) is 7.94. The molecule has 0 spiro atoms. The maximum atomic E-state index is 12.9. The van der Waals surface area contributed by atoms with Crippen LogP contribution >= 0.6 is 0 Å². The number of rotatable bonds is 6. The number of carbonyl (C=O) groups excluding carboxylic acids is 1. The lowest BCUT2D eigenvalue weighted by molar-refractivity contribution is -0.140. The number of halogens is 1. The first-order chi connectivity index (χ1) is 10.6. The van der Waals surface area contributed by atoms with E-state index in [2.05, 4.69) is 11.5 Å². The van der Waals surface area contributed by atoms with Gasteiger partial charge >= 0.3 is 0 Å². The zero-order valence-corrected chi connectivity index (χ0v) is 13.0. The second-order valence-electron chi connectivity index (χ2n) is 5.38. The fourth-order valence-electron chi connectivity index (χ4n) is 2.52. The molecule has 1 fully saturated rings. The minimum Gasteiger partial charge on any atom is -0.481 e. The average Bonchev–Trinajstić information content (AvgIpc) is 2.55. The van der Waals surface area contributed by atoms with Crippen LogP contribution in [-0.4, -0.2) is 54.5 Å². The van der Waals surface area contributed by atoms with Crippen molar-refractivity contribution in [1.29, 1.82) is 0 Å². The molecule has 0 aromatic heterocycles. The number of ether oxygens (including phenoxy) is 1. The van der Waals surface area contributed by atoms with Gasteiger partial charge in [-0.05, 0) is 30.7 Å². The summed E-state index contributed by atoms with van der Waals surface area (Å²) >= 11 is 0. The van der Waals surface area contributed by atoms with Gasteiger partial charge in [-0.25, -0.2) is 4.39 Å². The third-order valence-electron chi connectivity index (χ3n) is 3.81. The normalized spacial score (nSPS) is 17.1. The van der Waals surface area contributed by atoms with Crippen molar-refractivity contribution in [3.05, 3.63) is 42.7 Å². The Kier molecular flexibility index (Phi) is 5.95. The van der Waals surface area contributed by atoms with Gasteiger partial charge < -0.3 is 9.64 Å². The van der Waals surface area contributed by atoms with Crippen LogP contribution in [0.25, 0.3) is 0 Å². The number of hydrogen-bond acceptors (Lipinski definition) is 3. The summed E-state index contributed by atoms with van der Waals surface area (Å²) < 4.78 is 18.6. The molecule has 1 aliphatic heterocycles. The highest BCUT2D eigenvalue weighted by Crippen LogP contribution is 2.16. The topological polar surface area (TPSA) is 32.8 Å². The molecule has 0 aliphatic carbocycles. The summed E-state index contributed by atoms with van der Waals surface area (Å²) in [5.41, 5.74) is 0. The summed E-state index contributed by atoms with van der Waals surface area (Å²) in [5.74, 6) is 0.210. The SMILES string of the molecule is C=CCN1CCN(C(=O)C(CC)Oc2ccc(F)cc2)CC1. The van der Waals surface area contributed by atoms with Crippen LogP contribution in [-0.2, 0) is 4.79 Å². The molecule has 5 heteroatoms. The molecule has 1 saturated heterocycles. The molecule has 1 aromatic carbocycles. The third kappa shape index (κ3) is 4.31. The van der Waals surface area contributed by atoms with Crippen LogP contribution in [0.4, 0.5) is 4.39 Å². The zero-order chi connectivity index (χ0) is 15.9. The summed E-state index contributed by atoms with van der Waals surface area (Å²) in [4.78, 5) is 16.7. The largest absolute Gasteiger partial charge is 0.481 e. The third-order valence-corrected chi connectivity index (χ3v) is 3.81. The summed E-state index contributed by atoms with van der Waals surface area (Å²) in [7, 11) is 0. The molecule has 2 rings (SSSR count). The molecule has 0 radical (unpaired) electrons. The van der Waals surface area contributed by atoms with Crippen molar-refractivity contribution in [2.45, 2.75) is 19.4 Å². The van der Waals surface area contributed by atoms with E-state index >= 15 is 0 Å². The maximum absolute atomic E-state index is 12.9. The molecule has 0 N–H and O–H groups in total. The Morgan fingerprint density at radius 3 is 2.50 bits per heavy atom. The van der Waals surface area contributed by atoms with E-state index in [0.29, 0.717) is 25.3 Å². The number of carbonyl (C=O) groups is 1. The van der Waals surface area contributed by atoms with Crippen molar-refractivity contribution in [1.82, 2.24) is 9.80 Å². The Bertz CT molecular complexity index is 496. The number of piperazine rings is 1. The summed E-state index contributed by atoms with van der Waals surface area (Å²) in [6.45, 7) is 9.62. The number of benzene rings is 1. The van der Waals surface area contributed by atoms with E-state index in [0.717, 1.165) is 19.6 Å². The van der Waals surface area contributed by atoms with Gasteiger partial charge in [0.15, 0.2) is 6.10 Å². The fraction of sp³-hybridized carbons (Fsp3) is 0.471. The monoisotopic (exact) mass is 306 g/mol. The minimum atomic E-state index is -0.517. The predicted molar refractivity (Wildman–Crippen MR) is 84.3 cm³/mol. The number of amides is 1. The molecule has 0 bridgehead atoms. The quantitative estimate of drug-likeness (QED) is 0.756. The molecule has 120 valence electrons. The Hall–Kier alpha value is -1.88. The fourth-order valence-corrected chi connectivity index (χ4v) is 2.52. The van der Waals surface area contributed by atoms with Crippen molar-refractivity contribution >= 4 is 5.91 Å². The van der Waals surface area contributed by atoms with Crippen LogP contribution in [0.5, 0.6) is 5.75 Å². The number of hydrogen-bond donors (Lipinski definition) is 0. The molecular weight excluding hydrogens is 283 g/mol. The van der Waals surface area contributed by atoms with Gasteiger partial charge in [0.25, 0.3) is 5.91 Å². The van der Waals surface area contributed by atoms with Gasteiger partial charge in [-0.3, -0.25) is 9.69 Å². The average molecular weight is 306 g/mol. The highest BCUT2D eigenvalue weighted by Gasteiger charge is 2.27. The Balaban J connectivity index is 1.91. The first-order valence-electron chi connectivity index (χ1n) is 7.68. The Labute approximate surface area is 131 Å². The Morgan fingerprint density at radius 2 is 1.95 bits per heavy atom. The smallest absolute Gasteiger partial charge is 0.263 e. The van der Waals surface area contributed by atoms with E-state index in [4.69, 9.17) is 4.74 Å². The first-order valence-corrected chi connectivity index (χ1v) is 7.68. The maximum Gasteiger partial charge on any atom is 0.263 e. The van der Waals surface area contributed by atoms with E-state index in [-0.39, 0.29) is 11.7 Å². The van der Waals surface area contributed by atoms with Gasteiger partial charge in [-0.15, -0.1) is 6.58 Å². The zero-order valence-electron chi connectivity index (χ0n) is 13.0. The molecule has 22 heavy (non-hydrogen) atoms. The van der Waals surface area contributed by atoms with Crippen molar-refractivity contribution in [2.75, 3.05) is 32.7 Å². The molecule has 1 aromatic rings. The van der Waals surface area contributed by atoms with Crippen molar-refractivity contribution in [2.24, 2.45) is 0 Å². The predicted octanol–water partition coefficient (Wildman–Crippen LogP) is 2.31. The van der Waals surface area contributed by atoms with Crippen molar-refractivity contribution in [3.8, 4) is 5.75 Å². The number of nitrogens with zero attached hydrogens (tertiary/aromatic N) is 2. The first kappa shape index (κ1) is 16.5. The molecule has 0 saturated carbocycles. The van der Waals surface area contributed by atoms with Crippen molar-refractivity contribution < 1.29 is 13.9 Å². The molecular formula is C17H23FN2O2. The summed E-state index contributed by atoms with van der Waals surface area (Å²) in [5, 5.41) is 0. The second-order valence-corrected chi connectivity index (χ2v) is 5.38. The van der Waals surface area contributed by atoms with E-state index in [1.54, 1.807) is 12.1 Å². The van der Waals surface area contributed by atoms with Gasteiger partial charge in [0.1, 0.15) is 11.6 Å². The lowest BCUT2D eigenvalue weighted by Gasteiger charge is -2.35. The van der Waals surface area contributed by atoms with Crippen LogP contribution in [0.15, 0.2) is 36.9 Å². The van der Waals surface area contributed by atoms with Gasteiger partial charge in [0, 0.05) is 32.7 Å². The highest BCUT2D eigenvalue weighted by atomic mass is 19.1. The van der Waals surface area contributed by atoms with Gasteiger partial charge in [-0.1, -0.05) is 13.0 Å². The minimum absolute atomic E-state index is 0.00470. The standard InChI is InChI=1S/C17H23FN2O2/c1-3-9-19-10-12-20(13-11-19)17(21)16(4-2)22-15-7-5-14(18)6-8-15/h3,5-8,16H,1,4,9-13H2,2H3. The van der Waals surface area contributed by atoms with Crippen molar-refractivity contribution in [3.63, 3.8) is 0 Å². The Morgan fingerprint density at radius 1 is 1.32 bits per heavy atom. The summed E-state index contributed by atoms with van der Waals surface area (Å²) in [6, 6.07) is 5.77. The van der Waals surface area contributed by atoms with Crippen LogP contribution in [0.2, 0.25) is 0 Å². The van der Waals surface area contributed by atoms with E-state index in [1.165, 1.54) is 12.1 Å². The highest BCUT2D eigenvalue weighted by molar-refractivity contribution is 5.81. The summed E-state index contributed by atoms with van der Waals surface area (Å²) in [6.07, 6.45) is 1.95. The van der Waals surface area contributed by atoms with Crippen LogP contribution in [0.1, 0.15) is 13.3 Å². The van der Waals surface area contributed by atoms with Crippen LogP contribution < -0.4 is 4.74 Å². The van der Waals surface area contributed by atoms with E-state index in [1.807, 2.05) is 17.9 Å². The van der Waals surface area contributed by atoms with Crippen LogP contribution in [0.3, 0.4) is 0 Å². The van der Waals surface area contributed by atoms with Gasteiger partial charge in [-0.2, -0.15) is 0 Å². The van der Waals surface area contributed by atoms with Gasteiger partial charge in [0.2, 0.25) is 0 Å². The van der Waals surface area contributed by atoms with E-state index in [9.17, 15) is 9.18 Å². The van der Waals surface area contributed by atoms with Gasteiger partial charge in [0.05, 0.1) is 0 Å². The van der Waals surface area contributed by atoms with E-state index < -0.39 is 6.10 Å².